The van der Waals surface area contributed by atoms with Gasteiger partial charge < -0.3 is 19.5 Å². The molecule has 4 rings (SSSR count). The molecule has 0 radical (unpaired) electrons. The third-order valence-electron chi connectivity index (χ3n) is 6.48. The van der Waals surface area contributed by atoms with Crippen molar-refractivity contribution >= 4 is 11.8 Å². The average Bonchev–Trinajstić information content (AvgIpc) is 3.40. The van der Waals surface area contributed by atoms with Crippen molar-refractivity contribution in [1.82, 2.24) is 14.8 Å². The van der Waals surface area contributed by atoms with Gasteiger partial charge in [0.1, 0.15) is 29.0 Å². The standard InChI is InChI=1S/C24H26F2N4O3/c1-3-20(15-9-18(25)17(12-27)19(26)10-15)28-23(31)16-11-21(30-7-8-33-13-22(16)30)24(32)29-6-4-5-14(29)2/h9-11,14,20H,3-8,13H2,1-2H3,(H,28,31). The highest BCUT2D eigenvalue weighted by Crippen LogP contribution is 2.27. The van der Waals surface area contributed by atoms with Crippen molar-refractivity contribution in [2.24, 2.45) is 0 Å². The van der Waals surface area contributed by atoms with Crippen molar-refractivity contribution < 1.29 is 23.1 Å². The Bertz CT molecular complexity index is 1110. The maximum Gasteiger partial charge on any atom is 0.270 e. The highest BCUT2D eigenvalue weighted by molar-refractivity contribution is 6.01. The van der Waals surface area contributed by atoms with Crippen molar-refractivity contribution in [1.29, 1.82) is 5.26 Å². The molecule has 1 aromatic carbocycles. The number of hydrogen-bond donors (Lipinski definition) is 1. The second kappa shape index (κ2) is 9.32. The molecule has 0 bridgehead atoms. The first kappa shape index (κ1) is 22.9. The van der Waals surface area contributed by atoms with Crippen LogP contribution in [0.5, 0.6) is 0 Å². The number of nitrogens with one attached hydrogen (secondary N) is 1. The Morgan fingerprint density at radius 3 is 2.61 bits per heavy atom. The largest absolute Gasteiger partial charge is 0.373 e. The van der Waals surface area contributed by atoms with Crippen LogP contribution < -0.4 is 5.32 Å². The quantitative estimate of drug-likeness (QED) is 0.744. The lowest BCUT2D eigenvalue weighted by atomic mass is 10.0. The van der Waals surface area contributed by atoms with Gasteiger partial charge in [-0.2, -0.15) is 5.26 Å². The molecule has 33 heavy (non-hydrogen) atoms. The summed E-state index contributed by atoms with van der Waals surface area (Å²) in [4.78, 5) is 28.3. The van der Waals surface area contributed by atoms with Crippen LogP contribution >= 0.6 is 0 Å². The summed E-state index contributed by atoms with van der Waals surface area (Å²) < 4.78 is 35.6. The number of aromatic nitrogens is 1. The van der Waals surface area contributed by atoms with E-state index in [1.54, 1.807) is 13.0 Å². The Hall–Kier alpha value is -3.25. The molecule has 0 saturated carbocycles. The summed E-state index contributed by atoms with van der Waals surface area (Å²) in [6.45, 7) is 5.59. The maximum absolute atomic E-state index is 14.1. The summed E-state index contributed by atoms with van der Waals surface area (Å²) in [5, 5.41) is 11.7. The molecule has 7 nitrogen and oxygen atoms in total. The van der Waals surface area contributed by atoms with Gasteiger partial charge in [-0.25, -0.2) is 8.78 Å². The molecule has 2 aliphatic rings. The minimum Gasteiger partial charge on any atom is -0.373 e. The van der Waals surface area contributed by atoms with Crippen molar-refractivity contribution in [2.75, 3.05) is 13.2 Å². The highest BCUT2D eigenvalue weighted by Gasteiger charge is 2.32. The third-order valence-corrected chi connectivity index (χ3v) is 6.48. The second-order valence-electron chi connectivity index (χ2n) is 8.49. The van der Waals surface area contributed by atoms with Gasteiger partial charge in [-0.05, 0) is 49.9 Å². The Kier molecular flexibility index (Phi) is 6.47. The number of ether oxygens (including phenoxy) is 1. The smallest absolute Gasteiger partial charge is 0.270 e. The Morgan fingerprint density at radius 1 is 1.27 bits per heavy atom. The van der Waals surface area contributed by atoms with E-state index in [0.29, 0.717) is 43.1 Å². The summed E-state index contributed by atoms with van der Waals surface area (Å²) in [6, 6.07) is 4.70. The zero-order chi connectivity index (χ0) is 23.7. The summed E-state index contributed by atoms with van der Waals surface area (Å²) in [6.07, 6.45) is 2.28. The van der Waals surface area contributed by atoms with Crippen molar-refractivity contribution in [3.63, 3.8) is 0 Å². The van der Waals surface area contributed by atoms with E-state index < -0.39 is 29.1 Å². The minimum absolute atomic E-state index is 0.106. The normalized spacial score (nSPS) is 18.5. The molecular weight excluding hydrogens is 430 g/mol. The number of carbonyl (C=O) groups is 2. The lowest BCUT2D eigenvalue weighted by Gasteiger charge is -2.24. The molecule has 2 aliphatic heterocycles. The molecule has 2 atom stereocenters. The summed E-state index contributed by atoms with van der Waals surface area (Å²) in [5.74, 6) is -2.50. The number of amides is 2. The molecule has 1 aromatic heterocycles. The Morgan fingerprint density at radius 2 is 2.00 bits per heavy atom. The molecule has 2 unspecified atom stereocenters. The first-order valence-corrected chi connectivity index (χ1v) is 11.2. The SMILES string of the molecule is CCC(NC(=O)c1cc(C(=O)N2CCCC2C)n2c1COCC2)c1cc(F)c(C#N)c(F)c1. The fraction of sp³-hybridized carbons (Fsp3) is 0.458. The number of nitrogens with zero attached hydrogens (tertiary/aromatic N) is 3. The summed E-state index contributed by atoms with van der Waals surface area (Å²) in [5.41, 5.74) is 0.957. The maximum atomic E-state index is 14.1. The number of likely N-dealkylation sites (tertiary alicyclic amines) is 1. The molecule has 0 spiro atoms. The number of benzene rings is 1. The monoisotopic (exact) mass is 456 g/mol. The van der Waals surface area contributed by atoms with E-state index in [1.165, 1.54) is 6.07 Å². The molecule has 1 saturated heterocycles. The topological polar surface area (TPSA) is 87.4 Å². The van der Waals surface area contributed by atoms with Gasteiger partial charge in [-0.3, -0.25) is 9.59 Å². The van der Waals surface area contributed by atoms with Gasteiger partial charge >= 0.3 is 0 Å². The number of rotatable bonds is 5. The average molecular weight is 456 g/mol. The third kappa shape index (κ3) is 4.23. The summed E-state index contributed by atoms with van der Waals surface area (Å²) >= 11 is 0. The van der Waals surface area contributed by atoms with Gasteiger partial charge in [0.15, 0.2) is 0 Å². The molecule has 2 aromatic rings. The van der Waals surface area contributed by atoms with Crippen molar-refractivity contribution in [3.05, 3.63) is 57.9 Å². The molecule has 174 valence electrons. The Labute approximate surface area is 190 Å². The van der Waals surface area contributed by atoms with E-state index in [4.69, 9.17) is 10.00 Å². The molecule has 1 N–H and O–H groups in total. The second-order valence-corrected chi connectivity index (χ2v) is 8.49. The summed E-state index contributed by atoms with van der Waals surface area (Å²) in [7, 11) is 0. The highest BCUT2D eigenvalue weighted by atomic mass is 19.1. The predicted octanol–water partition coefficient (Wildman–Crippen LogP) is 3.67. The first-order valence-electron chi connectivity index (χ1n) is 11.2. The zero-order valence-electron chi connectivity index (χ0n) is 18.7. The van der Waals surface area contributed by atoms with E-state index >= 15 is 0 Å². The number of nitriles is 1. The minimum atomic E-state index is -0.970. The number of halogens is 2. The fourth-order valence-electron chi connectivity index (χ4n) is 4.64. The van der Waals surface area contributed by atoms with Gasteiger partial charge in [-0.15, -0.1) is 0 Å². The predicted molar refractivity (Wildman–Crippen MR) is 115 cm³/mol. The van der Waals surface area contributed by atoms with Crippen LogP contribution in [0, 0.1) is 23.0 Å². The lowest BCUT2D eigenvalue weighted by molar-refractivity contribution is 0.0683. The van der Waals surface area contributed by atoms with Crippen LogP contribution in [0.25, 0.3) is 0 Å². The van der Waals surface area contributed by atoms with Crippen LogP contribution in [0.15, 0.2) is 18.2 Å². The Balaban J connectivity index is 1.63. The molecular formula is C24H26F2N4O3. The number of hydrogen-bond acceptors (Lipinski definition) is 4. The van der Waals surface area contributed by atoms with Crippen LogP contribution in [0.3, 0.4) is 0 Å². The van der Waals surface area contributed by atoms with Gasteiger partial charge in [0.05, 0.1) is 30.5 Å². The van der Waals surface area contributed by atoms with Crippen LogP contribution in [0.1, 0.15) is 76.8 Å². The number of fused-ring (bicyclic) bond motifs is 1. The van der Waals surface area contributed by atoms with Crippen LogP contribution in [0.2, 0.25) is 0 Å². The van der Waals surface area contributed by atoms with E-state index in [2.05, 4.69) is 5.32 Å². The van der Waals surface area contributed by atoms with Gasteiger partial charge in [0.2, 0.25) is 0 Å². The molecule has 0 aliphatic carbocycles. The lowest BCUT2D eigenvalue weighted by Crippen LogP contribution is -2.35. The fourth-order valence-corrected chi connectivity index (χ4v) is 4.64. The molecule has 2 amide bonds. The number of carbonyl (C=O) groups excluding carboxylic acids is 2. The van der Waals surface area contributed by atoms with Gasteiger partial charge in [-0.1, -0.05) is 6.92 Å². The molecule has 3 heterocycles. The zero-order valence-corrected chi connectivity index (χ0v) is 18.7. The van der Waals surface area contributed by atoms with Crippen LogP contribution in [-0.2, 0) is 17.9 Å². The first-order chi connectivity index (χ1) is 15.8. The van der Waals surface area contributed by atoms with Crippen molar-refractivity contribution in [3.8, 4) is 6.07 Å². The van der Waals surface area contributed by atoms with E-state index in [-0.39, 0.29) is 24.1 Å². The van der Waals surface area contributed by atoms with Gasteiger partial charge in [0, 0.05) is 19.1 Å². The van der Waals surface area contributed by atoms with Crippen molar-refractivity contribution in [2.45, 2.75) is 58.3 Å². The molecule has 9 heteroatoms. The van der Waals surface area contributed by atoms with Crippen LogP contribution in [-0.4, -0.2) is 40.5 Å². The van der Waals surface area contributed by atoms with Crippen LogP contribution in [0.4, 0.5) is 8.78 Å². The van der Waals surface area contributed by atoms with E-state index in [1.807, 2.05) is 16.4 Å². The van der Waals surface area contributed by atoms with E-state index in [9.17, 15) is 18.4 Å². The van der Waals surface area contributed by atoms with Gasteiger partial charge in [0.25, 0.3) is 11.8 Å². The van der Waals surface area contributed by atoms with E-state index in [0.717, 1.165) is 25.0 Å². The molecule has 1 fully saturated rings.